The van der Waals surface area contributed by atoms with E-state index in [-0.39, 0.29) is 12.1 Å². The number of benzene rings is 2. The van der Waals surface area contributed by atoms with Crippen LogP contribution in [0.4, 0.5) is 16.2 Å². The van der Waals surface area contributed by atoms with E-state index in [0.29, 0.717) is 11.6 Å². The van der Waals surface area contributed by atoms with Crippen molar-refractivity contribution in [2.75, 3.05) is 16.9 Å². The molecule has 0 fully saturated rings. The molecule has 2 aromatic rings. The zero-order valence-electron chi connectivity index (χ0n) is 17.0. The summed E-state index contributed by atoms with van der Waals surface area (Å²) in [5.41, 5.74) is 3.89. The van der Waals surface area contributed by atoms with Crippen LogP contribution < -0.4 is 16.2 Å². The van der Waals surface area contributed by atoms with E-state index in [1.165, 1.54) is 5.56 Å². The van der Waals surface area contributed by atoms with Gasteiger partial charge in [-0.05, 0) is 61.6 Å². The first-order valence-corrected chi connectivity index (χ1v) is 9.51. The molecule has 2 aromatic carbocycles. The SMILES string of the molecule is CCOC(=O)N(N)c1ccc(C(C)(CC)Nc2ccc(C(C)C)cc2)cc1. The van der Waals surface area contributed by atoms with Gasteiger partial charge in [0.1, 0.15) is 0 Å². The molecule has 0 spiro atoms. The number of anilines is 2. The molecule has 1 amide bonds. The molecule has 0 aromatic heterocycles. The second-order valence-corrected chi connectivity index (χ2v) is 7.20. The van der Waals surface area contributed by atoms with Crippen molar-refractivity contribution in [3.63, 3.8) is 0 Å². The number of rotatable bonds is 7. The Bertz CT molecular complexity index is 741. The maximum absolute atomic E-state index is 11.8. The van der Waals surface area contributed by atoms with Crippen LogP contribution in [0.2, 0.25) is 0 Å². The van der Waals surface area contributed by atoms with Crippen molar-refractivity contribution in [2.45, 2.75) is 52.5 Å². The maximum Gasteiger partial charge on any atom is 0.428 e. The Kier molecular flexibility index (Phi) is 6.86. The first-order valence-electron chi connectivity index (χ1n) is 9.51. The lowest BCUT2D eigenvalue weighted by atomic mass is 9.88. The fourth-order valence-corrected chi connectivity index (χ4v) is 2.92. The first-order chi connectivity index (χ1) is 12.8. The van der Waals surface area contributed by atoms with Crippen LogP contribution in [0.5, 0.6) is 0 Å². The molecular weight excluding hydrogens is 338 g/mol. The fourth-order valence-electron chi connectivity index (χ4n) is 2.92. The summed E-state index contributed by atoms with van der Waals surface area (Å²) in [5.74, 6) is 6.34. The Morgan fingerprint density at radius 2 is 1.70 bits per heavy atom. The van der Waals surface area contributed by atoms with Crippen molar-refractivity contribution in [3.05, 3.63) is 59.7 Å². The van der Waals surface area contributed by atoms with Crippen LogP contribution >= 0.6 is 0 Å². The Morgan fingerprint density at radius 1 is 1.11 bits per heavy atom. The molecule has 0 heterocycles. The minimum Gasteiger partial charge on any atom is -0.449 e. The van der Waals surface area contributed by atoms with E-state index in [4.69, 9.17) is 10.6 Å². The van der Waals surface area contributed by atoms with Crippen molar-refractivity contribution in [3.8, 4) is 0 Å². The maximum atomic E-state index is 11.8. The highest BCUT2D eigenvalue weighted by Gasteiger charge is 2.25. The van der Waals surface area contributed by atoms with Crippen LogP contribution in [0.25, 0.3) is 0 Å². The number of hydrogen-bond donors (Lipinski definition) is 2. The summed E-state index contributed by atoms with van der Waals surface area (Å²) in [6, 6.07) is 16.2. The Labute approximate surface area is 162 Å². The molecule has 0 aliphatic rings. The number of carbonyl (C=O) groups excluding carboxylic acids is 1. The quantitative estimate of drug-likeness (QED) is 0.390. The Balaban J connectivity index is 2.18. The molecule has 0 saturated carbocycles. The Hall–Kier alpha value is -2.53. The summed E-state index contributed by atoms with van der Waals surface area (Å²) < 4.78 is 4.93. The van der Waals surface area contributed by atoms with Gasteiger partial charge < -0.3 is 10.1 Å². The van der Waals surface area contributed by atoms with Gasteiger partial charge in [0.2, 0.25) is 0 Å². The fraction of sp³-hybridized carbons (Fsp3) is 0.409. The van der Waals surface area contributed by atoms with Gasteiger partial charge >= 0.3 is 6.09 Å². The van der Waals surface area contributed by atoms with Crippen molar-refractivity contribution >= 4 is 17.5 Å². The lowest BCUT2D eigenvalue weighted by molar-refractivity contribution is 0.160. The van der Waals surface area contributed by atoms with E-state index < -0.39 is 6.09 Å². The molecule has 0 radical (unpaired) electrons. The molecule has 5 heteroatoms. The normalized spacial score (nSPS) is 13.1. The average Bonchev–Trinajstić information content (AvgIpc) is 2.68. The lowest BCUT2D eigenvalue weighted by Crippen LogP contribution is -2.38. The predicted molar refractivity (Wildman–Crippen MR) is 112 cm³/mol. The van der Waals surface area contributed by atoms with Gasteiger partial charge in [-0.3, -0.25) is 0 Å². The van der Waals surface area contributed by atoms with Gasteiger partial charge in [0, 0.05) is 5.69 Å². The highest BCUT2D eigenvalue weighted by atomic mass is 16.6. The summed E-state index contributed by atoms with van der Waals surface area (Å²) in [5, 5.41) is 4.67. The molecule has 1 atom stereocenters. The van der Waals surface area contributed by atoms with Gasteiger partial charge in [-0.15, -0.1) is 0 Å². The molecule has 3 N–H and O–H groups in total. The monoisotopic (exact) mass is 369 g/mol. The molecule has 1 unspecified atom stereocenters. The highest BCUT2D eigenvalue weighted by Crippen LogP contribution is 2.31. The standard InChI is InChI=1S/C22H31N3O2/c1-6-22(5,24-19-12-8-17(9-13-19)16(3)4)18-10-14-20(15-11-18)25(23)21(26)27-7-2/h8-16,24H,6-7,23H2,1-5H3. The van der Waals surface area contributed by atoms with Crippen LogP contribution in [0.15, 0.2) is 48.5 Å². The lowest BCUT2D eigenvalue weighted by Gasteiger charge is -2.32. The predicted octanol–water partition coefficient (Wildman–Crippen LogP) is 5.38. The highest BCUT2D eigenvalue weighted by molar-refractivity contribution is 5.86. The van der Waals surface area contributed by atoms with E-state index in [1.807, 2.05) is 24.3 Å². The molecule has 0 bridgehead atoms. The third-order valence-electron chi connectivity index (χ3n) is 4.95. The van der Waals surface area contributed by atoms with E-state index in [0.717, 1.165) is 22.7 Å². The third kappa shape index (κ3) is 5.01. The molecule has 0 aliphatic heterocycles. The van der Waals surface area contributed by atoms with Crippen molar-refractivity contribution in [1.29, 1.82) is 0 Å². The van der Waals surface area contributed by atoms with E-state index in [1.54, 1.807) is 6.92 Å². The summed E-state index contributed by atoms with van der Waals surface area (Å²) in [6.45, 7) is 10.7. The molecular formula is C22H31N3O2. The van der Waals surface area contributed by atoms with Gasteiger partial charge in [-0.1, -0.05) is 45.0 Å². The molecule has 0 saturated heterocycles. The zero-order chi connectivity index (χ0) is 20.0. The summed E-state index contributed by atoms with van der Waals surface area (Å²) in [4.78, 5) is 11.8. The van der Waals surface area contributed by atoms with Gasteiger partial charge in [0.25, 0.3) is 0 Å². The van der Waals surface area contributed by atoms with Crippen molar-refractivity contribution in [1.82, 2.24) is 0 Å². The number of nitrogens with one attached hydrogen (secondary N) is 1. The van der Waals surface area contributed by atoms with Crippen LogP contribution in [-0.2, 0) is 10.3 Å². The Morgan fingerprint density at radius 3 is 2.19 bits per heavy atom. The van der Waals surface area contributed by atoms with Gasteiger partial charge in [-0.25, -0.2) is 15.6 Å². The number of nitrogens with two attached hydrogens (primary N) is 1. The van der Waals surface area contributed by atoms with Crippen LogP contribution in [0.3, 0.4) is 0 Å². The number of nitrogens with zero attached hydrogens (tertiary/aromatic N) is 1. The number of amides is 1. The molecule has 2 rings (SSSR count). The topological polar surface area (TPSA) is 67.6 Å². The van der Waals surface area contributed by atoms with E-state index in [9.17, 15) is 4.79 Å². The summed E-state index contributed by atoms with van der Waals surface area (Å²) in [6.07, 6.45) is 0.342. The largest absolute Gasteiger partial charge is 0.449 e. The molecule has 5 nitrogen and oxygen atoms in total. The van der Waals surface area contributed by atoms with Crippen LogP contribution in [0, 0.1) is 0 Å². The molecule has 0 aliphatic carbocycles. The second kappa shape index (κ2) is 8.91. The van der Waals surface area contributed by atoms with Gasteiger partial charge in [0.05, 0.1) is 17.8 Å². The summed E-state index contributed by atoms with van der Waals surface area (Å²) >= 11 is 0. The van der Waals surface area contributed by atoms with Gasteiger partial charge in [-0.2, -0.15) is 0 Å². The molecule has 146 valence electrons. The number of hydrogen-bond acceptors (Lipinski definition) is 4. The smallest absolute Gasteiger partial charge is 0.428 e. The second-order valence-electron chi connectivity index (χ2n) is 7.20. The minimum absolute atomic E-state index is 0.235. The number of ether oxygens (including phenoxy) is 1. The average molecular weight is 370 g/mol. The van der Waals surface area contributed by atoms with Crippen LogP contribution in [-0.4, -0.2) is 12.7 Å². The third-order valence-corrected chi connectivity index (χ3v) is 4.95. The van der Waals surface area contributed by atoms with Crippen LogP contribution in [0.1, 0.15) is 58.1 Å². The molecule has 27 heavy (non-hydrogen) atoms. The van der Waals surface area contributed by atoms with Crippen molar-refractivity contribution < 1.29 is 9.53 Å². The first kappa shape index (κ1) is 20.8. The number of carbonyl (C=O) groups is 1. The van der Waals surface area contributed by atoms with Crippen molar-refractivity contribution in [2.24, 2.45) is 5.84 Å². The summed E-state index contributed by atoms with van der Waals surface area (Å²) in [7, 11) is 0. The zero-order valence-corrected chi connectivity index (χ0v) is 17.0. The van der Waals surface area contributed by atoms with E-state index >= 15 is 0 Å². The van der Waals surface area contributed by atoms with E-state index in [2.05, 4.69) is 57.3 Å². The minimum atomic E-state index is -0.563. The number of hydrazine groups is 1. The van der Waals surface area contributed by atoms with Gasteiger partial charge in [0.15, 0.2) is 0 Å².